The summed E-state index contributed by atoms with van der Waals surface area (Å²) in [7, 11) is -0.592. The zero-order chi connectivity index (χ0) is 25.2. The summed E-state index contributed by atoms with van der Waals surface area (Å²) in [5.74, 6) is 0.910. The highest BCUT2D eigenvalue weighted by Gasteiger charge is 2.33. The molecular formula is C21H31N7O6S. The van der Waals surface area contributed by atoms with Crippen LogP contribution in [0.15, 0.2) is 12.3 Å². The third-order valence-corrected chi connectivity index (χ3v) is 7.28. The summed E-state index contributed by atoms with van der Waals surface area (Å²) in [5, 5.41) is 8.39. The van der Waals surface area contributed by atoms with Crippen LogP contribution >= 0.6 is 0 Å². The molecule has 2 aromatic rings. The number of methoxy groups -OCH3 is 1. The summed E-state index contributed by atoms with van der Waals surface area (Å²) in [5.41, 5.74) is 0.579. The van der Waals surface area contributed by atoms with Gasteiger partial charge in [0, 0.05) is 39.5 Å². The van der Waals surface area contributed by atoms with Crippen molar-refractivity contribution in [2.24, 2.45) is 0 Å². The van der Waals surface area contributed by atoms with Crippen molar-refractivity contribution < 1.29 is 27.4 Å². The van der Waals surface area contributed by atoms with E-state index in [1.54, 1.807) is 40.8 Å². The van der Waals surface area contributed by atoms with Gasteiger partial charge in [-0.15, -0.1) is 10.2 Å². The summed E-state index contributed by atoms with van der Waals surface area (Å²) in [6.45, 7) is 5.28. The van der Waals surface area contributed by atoms with Crippen molar-refractivity contribution in [1.82, 2.24) is 29.5 Å². The number of anilines is 1. The maximum atomic E-state index is 13.0. The fourth-order valence-electron chi connectivity index (χ4n) is 4.21. The number of aromatic nitrogens is 4. The van der Waals surface area contributed by atoms with Gasteiger partial charge in [-0.3, -0.25) is 9.29 Å². The molecule has 0 saturated carbocycles. The lowest BCUT2D eigenvalue weighted by Crippen LogP contribution is -2.53. The monoisotopic (exact) mass is 509 g/mol. The number of sulfonamides is 1. The largest absolute Gasteiger partial charge is 0.485 e. The first kappa shape index (κ1) is 25.0. The van der Waals surface area contributed by atoms with Crippen molar-refractivity contribution in [2.45, 2.75) is 32.4 Å². The van der Waals surface area contributed by atoms with Gasteiger partial charge in [0.05, 0.1) is 30.6 Å². The van der Waals surface area contributed by atoms with E-state index in [4.69, 9.17) is 14.2 Å². The highest BCUT2D eigenvalue weighted by molar-refractivity contribution is 7.92. The van der Waals surface area contributed by atoms with E-state index in [9.17, 15) is 13.2 Å². The van der Waals surface area contributed by atoms with Gasteiger partial charge in [-0.2, -0.15) is 0 Å². The number of nitrogens with zero attached hydrogens (tertiary/aromatic N) is 6. The number of nitrogens with one attached hydrogen (secondary N) is 1. The van der Waals surface area contributed by atoms with Gasteiger partial charge in [0.1, 0.15) is 6.61 Å². The number of urea groups is 1. The summed E-state index contributed by atoms with van der Waals surface area (Å²) in [4.78, 5) is 19.9. The Balaban J connectivity index is 1.61. The molecule has 1 saturated heterocycles. The number of fused-ring (bicyclic) bond motifs is 3. The topological polar surface area (TPSA) is 141 Å². The van der Waals surface area contributed by atoms with Crippen LogP contribution in [0.25, 0.3) is 11.4 Å². The average Bonchev–Trinajstić information content (AvgIpc) is 3.14. The molecule has 4 rings (SSSR count). The van der Waals surface area contributed by atoms with E-state index in [-0.39, 0.29) is 43.5 Å². The number of rotatable bonds is 9. The standard InChI is InChI=1S/C21H31N7O6S/c1-5-33-19-17-16(6-8-22-19)18-23-24-20(28(18)15(12-32-4)13-34-17)25-35(30,31)11-10-27-14(2)7-9-26(3)21(27)29/h6,8,14-15H,5,7,9-13H2,1-4H3,(H,24,25)/t14-,15+/m0/s1. The second-order valence-electron chi connectivity index (χ2n) is 8.52. The van der Waals surface area contributed by atoms with Gasteiger partial charge in [-0.1, -0.05) is 0 Å². The first-order valence-electron chi connectivity index (χ1n) is 11.5. The second-order valence-corrected chi connectivity index (χ2v) is 10.4. The SMILES string of the molecule is CCOc1nccc2c1OC[C@@H](COC)n1c(NS(=O)(=O)CCN3C(=O)N(C)CC[C@@H]3C)nnc1-2. The molecule has 14 heteroatoms. The van der Waals surface area contributed by atoms with Crippen molar-refractivity contribution in [1.29, 1.82) is 0 Å². The molecule has 0 spiro atoms. The molecule has 4 heterocycles. The average molecular weight is 510 g/mol. The quantitative estimate of drug-likeness (QED) is 0.528. The Kier molecular flexibility index (Phi) is 7.31. The summed E-state index contributed by atoms with van der Waals surface area (Å²) in [6, 6.07) is 1.09. The molecule has 0 aliphatic carbocycles. The van der Waals surface area contributed by atoms with Crippen LogP contribution in [0.3, 0.4) is 0 Å². The molecule has 0 radical (unpaired) electrons. The molecule has 2 atom stereocenters. The Labute approximate surface area is 204 Å². The molecule has 1 N–H and O–H groups in total. The van der Waals surface area contributed by atoms with Gasteiger partial charge in [0.25, 0.3) is 5.88 Å². The molecule has 0 bridgehead atoms. The van der Waals surface area contributed by atoms with Crippen molar-refractivity contribution in [3.63, 3.8) is 0 Å². The smallest absolute Gasteiger partial charge is 0.320 e. The van der Waals surface area contributed by atoms with E-state index < -0.39 is 16.1 Å². The van der Waals surface area contributed by atoms with E-state index in [0.29, 0.717) is 36.2 Å². The van der Waals surface area contributed by atoms with Crippen LogP contribution in [0.2, 0.25) is 0 Å². The number of amides is 2. The summed E-state index contributed by atoms with van der Waals surface area (Å²) in [6.07, 6.45) is 2.35. The molecule has 35 heavy (non-hydrogen) atoms. The number of carbonyl (C=O) groups excluding carboxylic acids is 1. The predicted octanol–water partition coefficient (Wildman–Crippen LogP) is 1.21. The van der Waals surface area contributed by atoms with Crippen LogP contribution < -0.4 is 14.2 Å². The number of pyridine rings is 1. The number of ether oxygens (including phenoxy) is 3. The fourth-order valence-corrected chi connectivity index (χ4v) is 5.16. The normalized spacial score (nSPS) is 20.1. The van der Waals surface area contributed by atoms with Gasteiger partial charge in [0.2, 0.25) is 16.0 Å². The Hall–Kier alpha value is -3.13. The van der Waals surface area contributed by atoms with Gasteiger partial charge < -0.3 is 24.0 Å². The molecular weight excluding hydrogens is 478 g/mol. The Bertz CT molecular complexity index is 1170. The molecule has 2 aromatic heterocycles. The molecule has 2 aliphatic rings. The second kappa shape index (κ2) is 10.2. The maximum Gasteiger partial charge on any atom is 0.320 e. The number of hydrogen-bond donors (Lipinski definition) is 1. The van der Waals surface area contributed by atoms with Gasteiger partial charge in [0.15, 0.2) is 11.6 Å². The molecule has 2 amide bonds. The minimum Gasteiger partial charge on any atom is -0.485 e. The maximum absolute atomic E-state index is 13.0. The number of carbonyl (C=O) groups is 1. The molecule has 0 unspecified atom stereocenters. The predicted molar refractivity (Wildman–Crippen MR) is 127 cm³/mol. The first-order valence-corrected chi connectivity index (χ1v) is 13.1. The highest BCUT2D eigenvalue weighted by Crippen LogP contribution is 2.40. The lowest BCUT2D eigenvalue weighted by atomic mass is 10.1. The molecule has 0 aromatic carbocycles. The van der Waals surface area contributed by atoms with Crippen molar-refractivity contribution in [2.75, 3.05) is 57.5 Å². The molecule has 13 nitrogen and oxygen atoms in total. The van der Waals surface area contributed by atoms with Crippen molar-refractivity contribution >= 4 is 22.0 Å². The van der Waals surface area contributed by atoms with E-state index >= 15 is 0 Å². The van der Waals surface area contributed by atoms with E-state index in [1.165, 1.54) is 0 Å². The zero-order valence-electron chi connectivity index (χ0n) is 20.3. The van der Waals surface area contributed by atoms with Gasteiger partial charge in [-0.25, -0.2) is 18.2 Å². The summed E-state index contributed by atoms with van der Waals surface area (Å²) < 4.78 is 47.2. The van der Waals surface area contributed by atoms with Crippen LogP contribution in [-0.2, 0) is 14.8 Å². The van der Waals surface area contributed by atoms with Crippen LogP contribution in [0.5, 0.6) is 11.6 Å². The number of hydrogen-bond acceptors (Lipinski definition) is 9. The molecule has 2 aliphatic heterocycles. The van der Waals surface area contributed by atoms with Crippen LogP contribution in [0, 0.1) is 0 Å². The van der Waals surface area contributed by atoms with Crippen molar-refractivity contribution in [3.8, 4) is 23.0 Å². The van der Waals surface area contributed by atoms with E-state index in [2.05, 4.69) is 19.9 Å². The Morgan fingerprint density at radius 3 is 2.86 bits per heavy atom. The Morgan fingerprint density at radius 2 is 2.11 bits per heavy atom. The zero-order valence-corrected chi connectivity index (χ0v) is 21.1. The minimum atomic E-state index is -3.85. The lowest BCUT2D eigenvalue weighted by Gasteiger charge is -2.38. The molecule has 1 fully saturated rings. The third kappa shape index (κ3) is 5.12. The first-order chi connectivity index (χ1) is 16.8. The van der Waals surface area contributed by atoms with E-state index in [1.807, 2.05) is 13.8 Å². The third-order valence-electron chi connectivity index (χ3n) is 6.07. The van der Waals surface area contributed by atoms with Gasteiger partial charge >= 0.3 is 6.03 Å². The minimum absolute atomic E-state index is 0.0360. The summed E-state index contributed by atoms with van der Waals surface area (Å²) >= 11 is 0. The highest BCUT2D eigenvalue weighted by atomic mass is 32.2. The van der Waals surface area contributed by atoms with Crippen molar-refractivity contribution in [3.05, 3.63) is 12.3 Å². The van der Waals surface area contributed by atoms with Crippen LogP contribution in [-0.4, -0.2) is 103 Å². The van der Waals surface area contributed by atoms with E-state index in [0.717, 1.165) is 6.42 Å². The van der Waals surface area contributed by atoms with Crippen LogP contribution in [0.4, 0.5) is 10.7 Å². The van der Waals surface area contributed by atoms with Crippen LogP contribution in [0.1, 0.15) is 26.3 Å². The molecule has 192 valence electrons. The lowest BCUT2D eigenvalue weighted by molar-refractivity contribution is 0.118. The van der Waals surface area contributed by atoms with Gasteiger partial charge in [-0.05, 0) is 26.3 Å². The fraction of sp³-hybridized carbons (Fsp3) is 0.619. The Morgan fingerprint density at radius 1 is 1.31 bits per heavy atom.